The van der Waals surface area contributed by atoms with E-state index in [1.165, 1.54) is 6.42 Å². The number of carbonyl (C=O) groups is 1. The van der Waals surface area contributed by atoms with Gasteiger partial charge in [0.25, 0.3) is 0 Å². The summed E-state index contributed by atoms with van der Waals surface area (Å²) in [5, 5.41) is 0.619. The molecule has 2 aromatic carbocycles. The number of carbonyl (C=O) groups excluding carboxylic acids is 1. The van der Waals surface area contributed by atoms with Gasteiger partial charge in [0.2, 0.25) is 0 Å². The van der Waals surface area contributed by atoms with E-state index in [0.717, 1.165) is 42.6 Å². The molecule has 1 fully saturated rings. The first-order chi connectivity index (χ1) is 14.5. The summed E-state index contributed by atoms with van der Waals surface area (Å²) in [6, 6.07) is 14.8. The Morgan fingerprint density at radius 1 is 1.03 bits per heavy atom. The number of benzene rings is 2. The number of likely N-dealkylation sites (tertiary alicyclic amines) is 1. The van der Waals surface area contributed by atoms with Gasteiger partial charge in [0.1, 0.15) is 5.76 Å². The van der Waals surface area contributed by atoms with E-state index < -0.39 is 0 Å². The van der Waals surface area contributed by atoms with Crippen molar-refractivity contribution in [2.24, 2.45) is 5.92 Å². The topological polar surface area (TPSA) is 48.0 Å². The van der Waals surface area contributed by atoms with Crippen molar-refractivity contribution in [1.82, 2.24) is 4.90 Å². The number of methoxy groups -OCH3 is 2. The highest BCUT2D eigenvalue weighted by atomic mass is 35.5. The van der Waals surface area contributed by atoms with E-state index in [4.69, 9.17) is 25.8 Å². The molecular weight excluding hydrogens is 402 g/mol. The number of ether oxygens (including phenoxy) is 3. The number of rotatable bonds is 4. The van der Waals surface area contributed by atoms with Gasteiger partial charge in [-0.25, -0.2) is 4.79 Å². The fourth-order valence-corrected chi connectivity index (χ4v) is 4.02. The predicted octanol–water partition coefficient (Wildman–Crippen LogP) is 5.20. The lowest BCUT2D eigenvalue weighted by atomic mass is 9.89. The monoisotopic (exact) mass is 429 g/mol. The Bertz CT molecular complexity index is 858. The molecule has 1 saturated heterocycles. The fourth-order valence-electron chi connectivity index (χ4n) is 3.89. The summed E-state index contributed by atoms with van der Waals surface area (Å²) in [6.45, 7) is 1.14. The van der Waals surface area contributed by atoms with Crippen molar-refractivity contribution in [3.05, 3.63) is 71.0 Å². The van der Waals surface area contributed by atoms with Crippen molar-refractivity contribution >= 4 is 17.6 Å². The minimum Gasteiger partial charge on any atom is -0.493 e. The van der Waals surface area contributed by atoms with Gasteiger partial charge < -0.3 is 19.1 Å². The lowest BCUT2D eigenvalue weighted by molar-refractivity contribution is 0.0587. The molecule has 0 radical (unpaired) electrons. The number of hydrogen-bond acceptors (Lipinski definition) is 5. The quantitative estimate of drug-likeness (QED) is 0.625. The number of nitrogens with zero attached hydrogens (tertiary/aromatic N) is 1. The van der Waals surface area contributed by atoms with Crippen LogP contribution in [0.25, 0.3) is 0 Å². The first kappa shape index (κ1) is 22.2. The first-order valence-corrected chi connectivity index (χ1v) is 10.4. The predicted molar refractivity (Wildman–Crippen MR) is 118 cm³/mol. The second kappa shape index (κ2) is 10.5. The molecule has 0 aromatic heterocycles. The van der Waals surface area contributed by atoms with Gasteiger partial charge in [-0.15, -0.1) is 0 Å². The molecule has 6 heteroatoms. The van der Waals surface area contributed by atoms with Crippen LogP contribution in [0.1, 0.15) is 29.6 Å². The number of para-hydroxylation sites is 2. The maximum absolute atomic E-state index is 12.1. The molecule has 2 unspecified atom stereocenters. The highest BCUT2D eigenvalue weighted by Crippen LogP contribution is 2.35. The number of halogens is 1. The third-order valence-corrected chi connectivity index (χ3v) is 5.87. The molecule has 0 N–H and O–H groups in total. The number of hydrogen-bond donors (Lipinski definition) is 0. The van der Waals surface area contributed by atoms with Crippen LogP contribution in [-0.2, 0) is 4.74 Å². The molecule has 2 atom stereocenters. The van der Waals surface area contributed by atoms with E-state index in [9.17, 15) is 4.79 Å². The van der Waals surface area contributed by atoms with Crippen molar-refractivity contribution in [3.8, 4) is 11.5 Å². The molecule has 2 aliphatic rings. The minimum absolute atomic E-state index is 0.299. The zero-order valence-electron chi connectivity index (χ0n) is 17.6. The van der Waals surface area contributed by atoms with Crippen LogP contribution in [-0.4, -0.2) is 44.7 Å². The highest BCUT2D eigenvalue weighted by Gasteiger charge is 2.35. The molecule has 1 heterocycles. The Kier molecular flexibility index (Phi) is 7.77. The van der Waals surface area contributed by atoms with Crippen LogP contribution in [0, 0.1) is 5.92 Å². The van der Waals surface area contributed by atoms with Gasteiger partial charge in [-0.1, -0.05) is 23.7 Å². The molecule has 0 spiro atoms. The molecule has 30 heavy (non-hydrogen) atoms. The summed E-state index contributed by atoms with van der Waals surface area (Å²) in [5.41, 5.74) is 0.539. The summed E-state index contributed by atoms with van der Waals surface area (Å²) < 4.78 is 15.5. The van der Waals surface area contributed by atoms with Gasteiger partial charge in [-0.05, 0) is 74.8 Å². The largest absolute Gasteiger partial charge is 0.493 e. The third kappa shape index (κ3) is 5.55. The van der Waals surface area contributed by atoms with Crippen molar-refractivity contribution in [3.63, 3.8) is 0 Å². The summed E-state index contributed by atoms with van der Waals surface area (Å²) in [7, 11) is 5.39. The van der Waals surface area contributed by atoms with E-state index in [-0.39, 0.29) is 5.97 Å². The van der Waals surface area contributed by atoms with Crippen LogP contribution in [0.4, 0.5) is 0 Å². The van der Waals surface area contributed by atoms with Crippen molar-refractivity contribution < 1.29 is 19.0 Å². The van der Waals surface area contributed by atoms with Gasteiger partial charge in [0.15, 0.2) is 11.5 Å². The SMILES string of the molecule is CN1CCC2CC=C(OC(=O)c3ccc(Cl)cc3)CC21.COc1ccccc1OC. The summed E-state index contributed by atoms with van der Waals surface area (Å²) in [4.78, 5) is 14.4. The lowest BCUT2D eigenvalue weighted by Crippen LogP contribution is -2.32. The zero-order valence-corrected chi connectivity index (χ0v) is 18.4. The van der Waals surface area contributed by atoms with E-state index in [1.54, 1.807) is 38.5 Å². The van der Waals surface area contributed by atoms with Crippen LogP contribution in [0.3, 0.4) is 0 Å². The standard InChI is InChI=1S/C16H18ClNO2.C8H10O2/c1-18-9-8-11-4-7-14(10-15(11)18)20-16(19)12-2-5-13(17)6-3-12;1-9-7-5-3-4-6-8(7)10-2/h2-3,5-7,11,15H,4,8-10H2,1H3;3-6H,1-2H3. The second-order valence-corrected chi connectivity index (χ2v) is 7.89. The maximum Gasteiger partial charge on any atom is 0.343 e. The minimum atomic E-state index is -0.299. The molecule has 0 saturated carbocycles. The molecule has 1 aliphatic heterocycles. The molecule has 4 rings (SSSR count). The van der Waals surface area contributed by atoms with Gasteiger partial charge in [-0.3, -0.25) is 0 Å². The van der Waals surface area contributed by atoms with Crippen LogP contribution < -0.4 is 9.47 Å². The lowest BCUT2D eigenvalue weighted by Gasteiger charge is -2.28. The average molecular weight is 430 g/mol. The molecule has 2 aromatic rings. The summed E-state index contributed by atoms with van der Waals surface area (Å²) in [6.07, 6.45) is 5.17. The molecule has 0 bridgehead atoms. The van der Waals surface area contributed by atoms with Crippen molar-refractivity contribution in [1.29, 1.82) is 0 Å². The number of esters is 1. The van der Waals surface area contributed by atoms with E-state index in [0.29, 0.717) is 16.6 Å². The van der Waals surface area contributed by atoms with Gasteiger partial charge in [-0.2, -0.15) is 0 Å². The molecule has 0 amide bonds. The summed E-state index contributed by atoms with van der Waals surface area (Å²) in [5.74, 6) is 2.76. The second-order valence-electron chi connectivity index (χ2n) is 7.46. The molecule has 160 valence electrons. The Morgan fingerprint density at radius 2 is 1.67 bits per heavy atom. The normalized spacial score (nSPS) is 20.3. The van der Waals surface area contributed by atoms with Crippen LogP contribution >= 0.6 is 11.6 Å². The van der Waals surface area contributed by atoms with E-state index in [1.807, 2.05) is 24.3 Å². The summed E-state index contributed by atoms with van der Waals surface area (Å²) >= 11 is 5.82. The number of fused-ring (bicyclic) bond motifs is 1. The van der Waals surface area contributed by atoms with Crippen molar-refractivity contribution in [2.75, 3.05) is 27.8 Å². The molecule has 5 nitrogen and oxygen atoms in total. The Morgan fingerprint density at radius 3 is 2.27 bits per heavy atom. The van der Waals surface area contributed by atoms with E-state index in [2.05, 4.69) is 18.0 Å². The Hall–Kier alpha value is -2.50. The van der Waals surface area contributed by atoms with Gasteiger partial charge in [0, 0.05) is 17.5 Å². The smallest absolute Gasteiger partial charge is 0.343 e. The highest BCUT2D eigenvalue weighted by molar-refractivity contribution is 6.30. The Labute approximate surface area is 183 Å². The first-order valence-electron chi connectivity index (χ1n) is 10.1. The molecule has 1 aliphatic carbocycles. The molecular formula is C24H28ClNO4. The van der Waals surface area contributed by atoms with Crippen LogP contribution in [0.5, 0.6) is 11.5 Å². The maximum atomic E-state index is 12.1. The van der Waals surface area contributed by atoms with E-state index >= 15 is 0 Å². The Balaban J connectivity index is 0.000000216. The van der Waals surface area contributed by atoms with Gasteiger partial charge >= 0.3 is 5.97 Å². The average Bonchev–Trinajstić information content (AvgIpc) is 3.14. The van der Waals surface area contributed by atoms with Crippen LogP contribution in [0.15, 0.2) is 60.4 Å². The van der Waals surface area contributed by atoms with Gasteiger partial charge in [0.05, 0.1) is 19.8 Å². The number of allylic oxidation sites excluding steroid dienone is 1. The fraction of sp³-hybridized carbons (Fsp3) is 0.375. The zero-order chi connectivity index (χ0) is 21.5. The van der Waals surface area contributed by atoms with Crippen molar-refractivity contribution in [2.45, 2.75) is 25.3 Å². The van der Waals surface area contributed by atoms with Crippen LogP contribution in [0.2, 0.25) is 5.02 Å². The third-order valence-electron chi connectivity index (χ3n) is 5.61.